The highest BCUT2D eigenvalue weighted by molar-refractivity contribution is 6.35. The lowest BCUT2D eigenvalue weighted by Crippen LogP contribution is -2.34. The molecule has 5 nitrogen and oxygen atoms in total. The summed E-state index contributed by atoms with van der Waals surface area (Å²) in [5, 5.41) is 4.83. The number of rotatable bonds is 5. The first-order chi connectivity index (χ1) is 10.9. The summed E-state index contributed by atoms with van der Waals surface area (Å²) in [6.45, 7) is 5.17. The Hall–Kier alpha value is -1.98. The molecule has 122 valence electrons. The highest BCUT2D eigenvalue weighted by Gasteiger charge is 2.16. The van der Waals surface area contributed by atoms with Crippen molar-refractivity contribution in [2.24, 2.45) is 5.10 Å². The maximum Gasteiger partial charge on any atom is 0.280 e. The third kappa shape index (κ3) is 4.74. The van der Waals surface area contributed by atoms with Gasteiger partial charge in [0.2, 0.25) is 0 Å². The molecule has 1 aromatic heterocycles. The molecule has 1 unspecified atom stereocenters. The molecule has 0 spiro atoms. The molecule has 1 amide bonds. The first kappa shape index (κ1) is 17.4. The Morgan fingerprint density at radius 2 is 2.04 bits per heavy atom. The molecule has 2 rings (SSSR count). The van der Waals surface area contributed by atoms with Gasteiger partial charge in [-0.25, -0.2) is 5.43 Å². The molecule has 1 heterocycles. The average molecular weight is 355 g/mol. The van der Waals surface area contributed by atoms with Gasteiger partial charge < -0.3 is 9.15 Å². The van der Waals surface area contributed by atoms with Gasteiger partial charge in [-0.05, 0) is 51.1 Å². The summed E-state index contributed by atoms with van der Waals surface area (Å²) in [7, 11) is 0. The first-order valence-corrected chi connectivity index (χ1v) is 7.65. The van der Waals surface area contributed by atoms with Crippen LogP contribution in [0.15, 0.2) is 39.9 Å². The molecule has 0 aliphatic carbocycles. The van der Waals surface area contributed by atoms with Crippen molar-refractivity contribution in [2.45, 2.75) is 26.9 Å². The zero-order chi connectivity index (χ0) is 17.0. The average Bonchev–Trinajstić information content (AvgIpc) is 2.93. The quantitative estimate of drug-likeness (QED) is 0.646. The number of aryl methyl sites for hydroxylation is 1. The normalized spacial score (nSPS) is 12.8. The van der Waals surface area contributed by atoms with E-state index in [0.29, 0.717) is 27.3 Å². The lowest BCUT2D eigenvalue weighted by molar-refractivity contribution is -0.127. The molecule has 0 bridgehead atoms. The van der Waals surface area contributed by atoms with E-state index >= 15 is 0 Å². The highest BCUT2D eigenvalue weighted by Crippen LogP contribution is 2.28. The van der Waals surface area contributed by atoms with Crippen molar-refractivity contribution in [1.29, 1.82) is 0 Å². The number of hydrogen-bond donors (Lipinski definition) is 1. The molecular weight excluding hydrogens is 339 g/mol. The van der Waals surface area contributed by atoms with Crippen molar-refractivity contribution < 1.29 is 13.9 Å². The van der Waals surface area contributed by atoms with Crippen LogP contribution in [0.3, 0.4) is 0 Å². The minimum Gasteiger partial charge on any atom is -0.479 e. The molecule has 1 atom stereocenters. The van der Waals surface area contributed by atoms with Crippen LogP contribution in [0.4, 0.5) is 0 Å². The Kier molecular flexibility index (Phi) is 5.69. The number of benzene rings is 1. The Balaban J connectivity index is 1.97. The second-order valence-electron chi connectivity index (χ2n) is 4.92. The van der Waals surface area contributed by atoms with E-state index in [1.807, 2.05) is 13.0 Å². The van der Waals surface area contributed by atoms with Crippen molar-refractivity contribution in [3.8, 4) is 5.75 Å². The number of ether oxygens (including phenoxy) is 1. The van der Waals surface area contributed by atoms with Gasteiger partial charge in [-0.1, -0.05) is 23.2 Å². The molecule has 1 aromatic carbocycles. The Labute approximate surface area is 144 Å². The monoisotopic (exact) mass is 354 g/mol. The van der Waals surface area contributed by atoms with E-state index in [2.05, 4.69) is 10.5 Å². The number of carbonyl (C=O) groups is 1. The Bertz CT molecular complexity index is 741. The van der Waals surface area contributed by atoms with Crippen molar-refractivity contribution in [2.75, 3.05) is 0 Å². The van der Waals surface area contributed by atoms with Gasteiger partial charge in [0.05, 0.1) is 5.02 Å². The van der Waals surface area contributed by atoms with Crippen LogP contribution in [0, 0.1) is 6.92 Å². The lowest BCUT2D eigenvalue weighted by Gasteiger charge is -2.14. The fourth-order valence-electron chi connectivity index (χ4n) is 1.73. The standard InChI is InChI=1S/C16H16Cl2N2O3/c1-9-4-6-14(22-9)10(2)19-20-16(21)11(3)23-15-7-5-12(17)8-13(15)18/h4-8,11H,1-3H3,(H,20,21)/b19-10-. The molecule has 0 radical (unpaired) electrons. The number of amides is 1. The van der Waals surface area contributed by atoms with Crippen LogP contribution in [0.2, 0.25) is 10.0 Å². The van der Waals surface area contributed by atoms with Gasteiger partial charge in [-0.15, -0.1) is 0 Å². The Morgan fingerprint density at radius 1 is 1.30 bits per heavy atom. The molecule has 0 fully saturated rings. The van der Waals surface area contributed by atoms with Crippen LogP contribution in [0.5, 0.6) is 5.75 Å². The number of furan rings is 1. The van der Waals surface area contributed by atoms with Gasteiger partial charge in [0, 0.05) is 5.02 Å². The van der Waals surface area contributed by atoms with E-state index in [1.54, 1.807) is 38.1 Å². The number of hydrogen-bond acceptors (Lipinski definition) is 4. The summed E-state index contributed by atoms with van der Waals surface area (Å²) in [6, 6.07) is 8.40. The second kappa shape index (κ2) is 7.53. The molecule has 0 saturated carbocycles. The van der Waals surface area contributed by atoms with Crippen molar-refractivity contribution in [3.63, 3.8) is 0 Å². The summed E-state index contributed by atoms with van der Waals surface area (Å²) in [5.74, 6) is 1.34. The minimum atomic E-state index is -0.774. The number of nitrogens with zero attached hydrogens (tertiary/aromatic N) is 1. The van der Waals surface area contributed by atoms with E-state index in [-0.39, 0.29) is 0 Å². The fraction of sp³-hybridized carbons (Fsp3) is 0.250. The van der Waals surface area contributed by atoms with Crippen molar-refractivity contribution >= 4 is 34.8 Å². The van der Waals surface area contributed by atoms with E-state index in [1.165, 1.54) is 0 Å². The predicted molar refractivity (Wildman–Crippen MR) is 90.4 cm³/mol. The van der Waals surface area contributed by atoms with Crippen molar-refractivity contribution in [3.05, 3.63) is 51.9 Å². The van der Waals surface area contributed by atoms with Crippen LogP contribution in [0.25, 0.3) is 0 Å². The molecule has 7 heteroatoms. The van der Waals surface area contributed by atoms with Gasteiger partial charge in [0.25, 0.3) is 5.91 Å². The first-order valence-electron chi connectivity index (χ1n) is 6.89. The van der Waals surface area contributed by atoms with Crippen LogP contribution < -0.4 is 10.2 Å². The number of carbonyl (C=O) groups excluding carboxylic acids is 1. The molecule has 0 aliphatic heterocycles. The molecular formula is C16H16Cl2N2O3. The van der Waals surface area contributed by atoms with Crippen LogP contribution in [0.1, 0.15) is 25.4 Å². The minimum absolute atomic E-state index is 0.336. The van der Waals surface area contributed by atoms with Crippen LogP contribution >= 0.6 is 23.2 Å². The zero-order valence-electron chi connectivity index (χ0n) is 12.9. The third-order valence-corrected chi connectivity index (χ3v) is 3.53. The van der Waals surface area contributed by atoms with E-state index in [9.17, 15) is 4.79 Å². The lowest BCUT2D eigenvalue weighted by atomic mass is 10.3. The summed E-state index contributed by atoms with van der Waals surface area (Å²) < 4.78 is 10.9. The summed E-state index contributed by atoms with van der Waals surface area (Å²) in [5.41, 5.74) is 2.99. The van der Waals surface area contributed by atoms with Gasteiger partial charge in [0.1, 0.15) is 23.0 Å². The summed E-state index contributed by atoms with van der Waals surface area (Å²) >= 11 is 11.8. The van der Waals surface area contributed by atoms with Gasteiger partial charge in [-0.2, -0.15) is 5.10 Å². The molecule has 1 N–H and O–H groups in total. The van der Waals surface area contributed by atoms with E-state index < -0.39 is 12.0 Å². The zero-order valence-corrected chi connectivity index (χ0v) is 14.4. The van der Waals surface area contributed by atoms with E-state index in [0.717, 1.165) is 5.76 Å². The molecule has 2 aromatic rings. The van der Waals surface area contributed by atoms with Gasteiger partial charge in [0.15, 0.2) is 6.10 Å². The number of halogens is 2. The maximum absolute atomic E-state index is 12.0. The summed E-state index contributed by atoms with van der Waals surface area (Å²) in [4.78, 5) is 12.0. The Morgan fingerprint density at radius 3 is 2.65 bits per heavy atom. The highest BCUT2D eigenvalue weighted by atomic mass is 35.5. The number of nitrogens with one attached hydrogen (secondary N) is 1. The third-order valence-electron chi connectivity index (χ3n) is 3.00. The maximum atomic E-state index is 12.0. The van der Waals surface area contributed by atoms with Crippen LogP contribution in [-0.4, -0.2) is 17.7 Å². The predicted octanol–water partition coefficient (Wildman–Crippen LogP) is 4.20. The smallest absolute Gasteiger partial charge is 0.280 e. The van der Waals surface area contributed by atoms with Crippen LogP contribution in [-0.2, 0) is 4.79 Å². The number of hydrazone groups is 1. The fourth-order valence-corrected chi connectivity index (χ4v) is 2.18. The van der Waals surface area contributed by atoms with Gasteiger partial charge in [-0.3, -0.25) is 4.79 Å². The van der Waals surface area contributed by atoms with Gasteiger partial charge >= 0.3 is 0 Å². The largest absolute Gasteiger partial charge is 0.479 e. The van der Waals surface area contributed by atoms with Crippen molar-refractivity contribution in [1.82, 2.24) is 5.43 Å². The SMILES string of the molecule is C/C(=N/NC(=O)C(C)Oc1ccc(Cl)cc1Cl)c1ccc(C)o1. The van der Waals surface area contributed by atoms with E-state index in [4.69, 9.17) is 32.4 Å². The topological polar surface area (TPSA) is 63.8 Å². The summed E-state index contributed by atoms with van der Waals surface area (Å²) in [6.07, 6.45) is -0.774. The molecule has 0 saturated heterocycles. The molecule has 0 aliphatic rings. The second-order valence-corrected chi connectivity index (χ2v) is 5.76. The molecule has 23 heavy (non-hydrogen) atoms.